The predicted molar refractivity (Wildman–Crippen MR) is 85.6 cm³/mol. The van der Waals surface area contributed by atoms with E-state index in [1.165, 1.54) is 12.8 Å². The first kappa shape index (κ1) is 15.7. The molecule has 1 aliphatic heterocycles. The number of piperazine rings is 1. The highest BCUT2D eigenvalue weighted by Crippen LogP contribution is 2.39. The molecular formula is C15H27N3OS. The number of thiocarbonyl (C=S) groups is 1. The molecule has 114 valence electrons. The Kier molecular flexibility index (Phi) is 5.02. The third-order valence-corrected chi connectivity index (χ3v) is 5.25. The summed E-state index contributed by atoms with van der Waals surface area (Å²) in [5.41, 5.74) is 5.70. The summed E-state index contributed by atoms with van der Waals surface area (Å²) in [5.74, 6) is 0.359. The van der Waals surface area contributed by atoms with Crippen LogP contribution in [-0.4, -0.2) is 52.9 Å². The highest BCUT2D eigenvalue weighted by atomic mass is 32.1. The van der Waals surface area contributed by atoms with Crippen LogP contribution in [0.15, 0.2) is 0 Å². The van der Waals surface area contributed by atoms with Gasteiger partial charge in [0.15, 0.2) is 0 Å². The average molecular weight is 297 g/mol. The molecule has 0 bridgehead atoms. The Balaban J connectivity index is 1.91. The van der Waals surface area contributed by atoms with E-state index in [2.05, 4.69) is 18.7 Å². The summed E-state index contributed by atoms with van der Waals surface area (Å²) in [6, 6.07) is 0.185. The van der Waals surface area contributed by atoms with Gasteiger partial charge in [0.25, 0.3) is 0 Å². The van der Waals surface area contributed by atoms with Crippen molar-refractivity contribution < 1.29 is 4.79 Å². The third kappa shape index (κ3) is 3.14. The lowest BCUT2D eigenvalue weighted by molar-refractivity contribution is -0.142. The van der Waals surface area contributed by atoms with Crippen molar-refractivity contribution in [2.45, 2.75) is 52.0 Å². The van der Waals surface area contributed by atoms with Gasteiger partial charge in [0.2, 0.25) is 5.91 Å². The minimum absolute atomic E-state index is 0.102. The summed E-state index contributed by atoms with van der Waals surface area (Å²) in [6.07, 6.45) is 5.44. The van der Waals surface area contributed by atoms with Gasteiger partial charge in [-0.1, -0.05) is 38.9 Å². The van der Waals surface area contributed by atoms with Crippen LogP contribution < -0.4 is 5.73 Å². The van der Waals surface area contributed by atoms with Crippen LogP contribution in [0.5, 0.6) is 0 Å². The molecule has 2 rings (SSSR count). The molecule has 0 aromatic carbocycles. The van der Waals surface area contributed by atoms with E-state index in [1.807, 2.05) is 4.90 Å². The van der Waals surface area contributed by atoms with Gasteiger partial charge in [-0.25, -0.2) is 0 Å². The fourth-order valence-electron chi connectivity index (χ4n) is 3.63. The van der Waals surface area contributed by atoms with Gasteiger partial charge in [0.1, 0.15) is 0 Å². The minimum atomic E-state index is -0.102. The zero-order valence-electron chi connectivity index (χ0n) is 12.7. The molecule has 1 unspecified atom stereocenters. The van der Waals surface area contributed by atoms with Crippen molar-refractivity contribution in [3.8, 4) is 0 Å². The Hall–Kier alpha value is -0.680. The van der Waals surface area contributed by atoms with Crippen LogP contribution in [0.2, 0.25) is 0 Å². The summed E-state index contributed by atoms with van der Waals surface area (Å²) in [7, 11) is 0. The van der Waals surface area contributed by atoms with Crippen molar-refractivity contribution in [2.24, 2.45) is 11.1 Å². The number of nitrogens with zero attached hydrogens (tertiary/aromatic N) is 2. The van der Waals surface area contributed by atoms with Crippen molar-refractivity contribution >= 4 is 23.1 Å². The molecule has 0 spiro atoms. The van der Waals surface area contributed by atoms with Crippen molar-refractivity contribution in [3.63, 3.8) is 0 Å². The van der Waals surface area contributed by atoms with Gasteiger partial charge in [-0.3, -0.25) is 9.69 Å². The van der Waals surface area contributed by atoms with Crippen molar-refractivity contribution in [1.29, 1.82) is 0 Å². The first-order valence-electron chi connectivity index (χ1n) is 7.80. The fourth-order valence-corrected chi connectivity index (χ4v) is 3.94. The maximum Gasteiger partial charge on any atom is 0.228 e. The number of hydrogen-bond acceptors (Lipinski definition) is 3. The molecule has 2 N–H and O–H groups in total. The molecule has 20 heavy (non-hydrogen) atoms. The van der Waals surface area contributed by atoms with Crippen LogP contribution in [0.3, 0.4) is 0 Å². The van der Waals surface area contributed by atoms with Crippen LogP contribution in [0.25, 0.3) is 0 Å². The summed E-state index contributed by atoms with van der Waals surface area (Å²) < 4.78 is 0. The highest BCUT2D eigenvalue weighted by Gasteiger charge is 2.40. The molecule has 1 amide bonds. The van der Waals surface area contributed by atoms with Gasteiger partial charge >= 0.3 is 0 Å². The second-order valence-corrected chi connectivity index (χ2v) is 6.89. The Bertz CT molecular complexity index is 371. The molecule has 0 aromatic rings. The normalized spacial score (nSPS) is 24.6. The lowest BCUT2D eigenvalue weighted by Gasteiger charge is -2.41. The molecule has 2 fully saturated rings. The second kappa shape index (κ2) is 6.39. The smallest absolute Gasteiger partial charge is 0.228 e. The van der Waals surface area contributed by atoms with Gasteiger partial charge < -0.3 is 10.6 Å². The Morgan fingerprint density at radius 1 is 1.25 bits per heavy atom. The molecule has 0 aromatic heterocycles. The molecule has 0 radical (unpaired) electrons. The number of carbonyl (C=O) groups is 1. The molecule has 1 saturated carbocycles. The van der Waals surface area contributed by atoms with E-state index in [4.69, 9.17) is 18.0 Å². The number of amides is 1. The van der Waals surface area contributed by atoms with Crippen LogP contribution in [0, 0.1) is 5.41 Å². The maximum absolute atomic E-state index is 12.7. The van der Waals surface area contributed by atoms with Crippen LogP contribution in [0.4, 0.5) is 0 Å². The molecule has 2 aliphatic rings. The Morgan fingerprint density at radius 3 is 2.25 bits per heavy atom. The average Bonchev–Trinajstić information content (AvgIpc) is 2.87. The first-order chi connectivity index (χ1) is 9.48. The van der Waals surface area contributed by atoms with Gasteiger partial charge in [0.05, 0.1) is 11.0 Å². The third-order valence-electron chi connectivity index (χ3n) is 4.98. The molecular weight excluding hydrogens is 270 g/mol. The Labute approximate surface area is 127 Å². The number of nitrogens with two attached hydrogens (primary N) is 1. The van der Waals surface area contributed by atoms with E-state index < -0.39 is 0 Å². The first-order valence-corrected chi connectivity index (χ1v) is 8.21. The molecule has 1 aliphatic carbocycles. The highest BCUT2D eigenvalue weighted by molar-refractivity contribution is 7.80. The number of hydrogen-bond donors (Lipinski definition) is 1. The molecule has 1 heterocycles. The summed E-state index contributed by atoms with van der Waals surface area (Å²) >= 11 is 5.14. The van der Waals surface area contributed by atoms with Gasteiger partial charge in [0, 0.05) is 31.6 Å². The Morgan fingerprint density at radius 2 is 1.80 bits per heavy atom. The fraction of sp³-hybridized carbons (Fsp3) is 0.867. The molecule has 5 heteroatoms. The minimum Gasteiger partial charge on any atom is -0.392 e. The standard InChI is InChI=1S/C15H27N3OS/c1-3-12(13(16)20)17-8-10-18(11-9-17)14(19)15(2)6-4-5-7-15/h12H,3-11H2,1-2H3,(H2,16,20). The summed E-state index contributed by atoms with van der Waals surface area (Å²) in [5, 5.41) is 0. The van der Waals surface area contributed by atoms with E-state index in [-0.39, 0.29) is 11.5 Å². The van der Waals surface area contributed by atoms with Crippen LogP contribution >= 0.6 is 12.2 Å². The summed E-state index contributed by atoms with van der Waals surface area (Å²) in [4.78, 5) is 17.6. The van der Waals surface area contributed by atoms with E-state index >= 15 is 0 Å². The topological polar surface area (TPSA) is 49.6 Å². The lowest BCUT2D eigenvalue weighted by atomic mass is 9.87. The van der Waals surface area contributed by atoms with E-state index in [0.717, 1.165) is 45.4 Å². The van der Waals surface area contributed by atoms with Gasteiger partial charge in [-0.05, 0) is 19.3 Å². The SMILES string of the molecule is CCC(C(N)=S)N1CCN(C(=O)C2(C)CCCC2)CC1. The molecule has 4 nitrogen and oxygen atoms in total. The maximum atomic E-state index is 12.7. The van der Waals surface area contributed by atoms with Crippen LogP contribution in [-0.2, 0) is 4.79 Å². The molecule has 1 atom stereocenters. The van der Waals surface area contributed by atoms with E-state index in [1.54, 1.807) is 0 Å². The molecule has 1 saturated heterocycles. The second-order valence-electron chi connectivity index (χ2n) is 6.42. The van der Waals surface area contributed by atoms with Gasteiger partial charge in [-0.2, -0.15) is 0 Å². The van der Waals surface area contributed by atoms with Gasteiger partial charge in [-0.15, -0.1) is 0 Å². The van der Waals surface area contributed by atoms with Crippen molar-refractivity contribution in [3.05, 3.63) is 0 Å². The predicted octanol–water partition coefficient (Wildman–Crippen LogP) is 1.78. The van der Waals surface area contributed by atoms with E-state index in [9.17, 15) is 4.79 Å². The van der Waals surface area contributed by atoms with Crippen LogP contribution in [0.1, 0.15) is 46.0 Å². The van der Waals surface area contributed by atoms with Crippen molar-refractivity contribution in [2.75, 3.05) is 26.2 Å². The quantitative estimate of drug-likeness (QED) is 0.804. The van der Waals surface area contributed by atoms with Crippen molar-refractivity contribution in [1.82, 2.24) is 9.80 Å². The monoisotopic (exact) mass is 297 g/mol. The van der Waals surface area contributed by atoms with E-state index in [0.29, 0.717) is 10.9 Å². The summed E-state index contributed by atoms with van der Waals surface area (Å²) in [6.45, 7) is 7.65. The number of rotatable bonds is 4. The lowest BCUT2D eigenvalue weighted by Crippen LogP contribution is -2.56. The number of carbonyl (C=O) groups excluding carboxylic acids is 1. The zero-order chi connectivity index (χ0) is 14.8. The largest absolute Gasteiger partial charge is 0.392 e. The zero-order valence-corrected chi connectivity index (χ0v) is 13.5.